The van der Waals surface area contributed by atoms with Crippen molar-refractivity contribution in [3.05, 3.63) is 18.0 Å². The molecule has 16 heavy (non-hydrogen) atoms. The summed E-state index contributed by atoms with van der Waals surface area (Å²) in [4.78, 5) is 0. The summed E-state index contributed by atoms with van der Waals surface area (Å²) in [5, 5.41) is 7.96. The third-order valence-corrected chi connectivity index (χ3v) is 2.47. The molecule has 0 saturated heterocycles. The lowest BCUT2D eigenvalue weighted by molar-refractivity contribution is 0.489. The molecule has 1 rings (SSSR count). The van der Waals surface area contributed by atoms with E-state index in [9.17, 15) is 0 Å². The third kappa shape index (κ3) is 4.08. The second-order valence-corrected chi connectivity index (χ2v) is 3.89. The number of nitrogens with zero attached hydrogens (tertiary/aromatic N) is 2. The van der Waals surface area contributed by atoms with Crippen LogP contribution in [-0.4, -0.2) is 16.3 Å². The van der Waals surface area contributed by atoms with Gasteiger partial charge in [0.1, 0.15) is 0 Å². The van der Waals surface area contributed by atoms with E-state index >= 15 is 0 Å². The van der Waals surface area contributed by atoms with E-state index < -0.39 is 0 Å². The summed E-state index contributed by atoms with van der Waals surface area (Å²) in [6.45, 7) is 5.09. The molecule has 0 aliphatic rings. The highest BCUT2D eigenvalue weighted by Crippen LogP contribution is 2.15. The van der Waals surface area contributed by atoms with Gasteiger partial charge in [-0.1, -0.05) is 6.92 Å². The molecular formula is C13H21N3. The van der Waals surface area contributed by atoms with Crippen LogP contribution in [0.5, 0.6) is 0 Å². The van der Waals surface area contributed by atoms with Crippen molar-refractivity contribution in [1.82, 2.24) is 15.1 Å². The molecule has 0 aliphatic heterocycles. The Hall–Kier alpha value is -1.27. The Morgan fingerprint density at radius 1 is 1.56 bits per heavy atom. The fraction of sp³-hybridized carbons (Fsp3) is 0.615. The van der Waals surface area contributed by atoms with Crippen LogP contribution < -0.4 is 5.32 Å². The van der Waals surface area contributed by atoms with Gasteiger partial charge in [0.25, 0.3) is 0 Å². The number of aryl methyl sites for hydroxylation is 1. The van der Waals surface area contributed by atoms with E-state index in [4.69, 9.17) is 0 Å². The van der Waals surface area contributed by atoms with Gasteiger partial charge in [0.05, 0.1) is 11.7 Å². The molecule has 3 heteroatoms. The topological polar surface area (TPSA) is 29.9 Å². The van der Waals surface area contributed by atoms with Crippen LogP contribution in [0, 0.1) is 11.8 Å². The van der Waals surface area contributed by atoms with Gasteiger partial charge in [0.2, 0.25) is 0 Å². The van der Waals surface area contributed by atoms with Crippen LogP contribution in [0.3, 0.4) is 0 Å². The van der Waals surface area contributed by atoms with Crippen LogP contribution in [0.1, 0.15) is 44.8 Å². The zero-order valence-electron chi connectivity index (χ0n) is 10.5. The summed E-state index contributed by atoms with van der Waals surface area (Å²) < 4.78 is 1.85. The highest BCUT2D eigenvalue weighted by molar-refractivity contribution is 5.07. The minimum atomic E-state index is 0.335. The highest BCUT2D eigenvalue weighted by atomic mass is 15.3. The van der Waals surface area contributed by atoms with Gasteiger partial charge in [0.15, 0.2) is 0 Å². The molecule has 0 fully saturated rings. The molecule has 88 valence electrons. The molecule has 1 aromatic heterocycles. The minimum Gasteiger partial charge on any atom is -0.309 e. The molecule has 0 spiro atoms. The predicted octanol–water partition coefficient (Wildman–Crippen LogP) is 2.26. The molecule has 3 nitrogen and oxygen atoms in total. The highest BCUT2D eigenvalue weighted by Gasteiger charge is 2.12. The summed E-state index contributed by atoms with van der Waals surface area (Å²) >= 11 is 0. The summed E-state index contributed by atoms with van der Waals surface area (Å²) in [6.07, 6.45) is 5.08. The Kier molecular flexibility index (Phi) is 5.66. The summed E-state index contributed by atoms with van der Waals surface area (Å²) in [5.41, 5.74) is 1.12. The van der Waals surface area contributed by atoms with Gasteiger partial charge in [-0.15, -0.1) is 11.8 Å². The standard InChI is InChI=1S/C13H21N3/c1-4-6-7-8-12(14-10-5-2)13-9-11-16(3)15-13/h9,11-12,14H,5,7-8,10H2,1-3H3. The number of rotatable bonds is 6. The summed E-state index contributed by atoms with van der Waals surface area (Å²) in [6, 6.07) is 2.41. The Morgan fingerprint density at radius 2 is 2.38 bits per heavy atom. The molecule has 1 heterocycles. The van der Waals surface area contributed by atoms with Crippen molar-refractivity contribution in [1.29, 1.82) is 0 Å². The van der Waals surface area contributed by atoms with Crippen molar-refractivity contribution in [2.24, 2.45) is 7.05 Å². The smallest absolute Gasteiger partial charge is 0.0794 e. The van der Waals surface area contributed by atoms with Crippen LogP contribution >= 0.6 is 0 Å². The Bertz CT molecular complexity index is 357. The van der Waals surface area contributed by atoms with E-state index in [1.165, 1.54) is 0 Å². The fourth-order valence-electron chi connectivity index (χ4n) is 1.63. The average molecular weight is 219 g/mol. The maximum Gasteiger partial charge on any atom is 0.0794 e. The summed E-state index contributed by atoms with van der Waals surface area (Å²) in [5.74, 6) is 6.04. The van der Waals surface area contributed by atoms with Gasteiger partial charge >= 0.3 is 0 Å². The molecule has 0 saturated carbocycles. The van der Waals surface area contributed by atoms with E-state index in [0.717, 1.165) is 31.5 Å². The van der Waals surface area contributed by atoms with Crippen LogP contribution in [0.2, 0.25) is 0 Å². The lowest BCUT2D eigenvalue weighted by Gasteiger charge is -2.14. The Balaban J connectivity index is 2.57. The molecular weight excluding hydrogens is 198 g/mol. The second-order valence-electron chi connectivity index (χ2n) is 3.89. The molecule has 1 aromatic rings. The first-order valence-corrected chi connectivity index (χ1v) is 5.90. The SMILES string of the molecule is CC#CCCC(NCCC)c1ccn(C)n1. The molecule has 0 aromatic carbocycles. The third-order valence-electron chi connectivity index (χ3n) is 2.47. The number of hydrogen-bond donors (Lipinski definition) is 1. The van der Waals surface area contributed by atoms with Crippen LogP contribution in [0.4, 0.5) is 0 Å². The van der Waals surface area contributed by atoms with Gasteiger partial charge < -0.3 is 5.32 Å². The van der Waals surface area contributed by atoms with E-state index in [-0.39, 0.29) is 0 Å². The van der Waals surface area contributed by atoms with E-state index in [1.54, 1.807) is 0 Å². The normalized spacial score (nSPS) is 11.9. The van der Waals surface area contributed by atoms with Crippen molar-refractivity contribution in [2.45, 2.75) is 39.2 Å². The van der Waals surface area contributed by atoms with Gasteiger partial charge in [-0.2, -0.15) is 5.10 Å². The monoisotopic (exact) mass is 219 g/mol. The van der Waals surface area contributed by atoms with Crippen LogP contribution in [0.25, 0.3) is 0 Å². The van der Waals surface area contributed by atoms with Crippen LogP contribution in [-0.2, 0) is 7.05 Å². The van der Waals surface area contributed by atoms with Gasteiger partial charge in [-0.05, 0) is 32.4 Å². The second kappa shape index (κ2) is 7.08. The maximum atomic E-state index is 4.45. The maximum absolute atomic E-state index is 4.45. The Labute approximate surface area is 98.2 Å². The molecule has 1 N–H and O–H groups in total. The summed E-state index contributed by atoms with van der Waals surface area (Å²) in [7, 11) is 1.95. The molecule has 0 bridgehead atoms. The predicted molar refractivity (Wildman–Crippen MR) is 66.9 cm³/mol. The van der Waals surface area contributed by atoms with E-state index in [0.29, 0.717) is 6.04 Å². The zero-order chi connectivity index (χ0) is 11.8. The van der Waals surface area contributed by atoms with E-state index in [1.807, 2.05) is 24.9 Å². The quantitative estimate of drug-likeness (QED) is 0.744. The lowest BCUT2D eigenvalue weighted by atomic mass is 10.1. The first kappa shape index (κ1) is 12.8. The number of nitrogens with one attached hydrogen (secondary N) is 1. The molecule has 0 radical (unpaired) electrons. The van der Waals surface area contributed by atoms with Crippen molar-refractivity contribution < 1.29 is 0 Å². The Morgan fingerprint density at radius 3 is 2.94 bits per heavy atom. The largest absolute Gasteiger partial charge is 0.309 e. The molecule has 1 unspecified atom stereocenters. The van der Waals surface area contributed by atoms with Crippen molar-refractivity contribution in [3.8, 4) is 11.8 Å². The molecule has 1 atom stereocenters. The fourth-order valence-corrected chi connectivity index (χ4v) is 1.63. The number of hydrogen-bond acceptors (Lipinski definition) is 2. The average Bonchev–Trinajstić information content (AvgIpc) is 2.70. The minimum absolute atomic E-state index is 0.335. The van der Waals surface area contributed by atoms with Crippen molar-refractivity contribution in [3.63, 3.8) is 0 Å². The van der Waals surface area contributed by atoms with Crippen LogP contribution in [0.15, 0.2) is 12.3 Å². The molecule has 0 amide bonds. The lowest BCUT2D eigenvalue weighted by Crippen LogP contribution is -2.22. The zero-order valence-corrected chi connectivity index (χ0v) is 10.5. The first-order chi connectivity index (χ1) is 7.77. The van der Waals surface area contributed by atoms with Gasteiger partial charge in [-0.3, -0.25) is 4.68 Å². The number of aromatic nitrogens is 2. The molecule has 0 aliphatic carbocycles. The first-order valence-electron chi connectivity index (χ1n) is 5.90. The van der Waals surface area contributed by atoms with E-state index in [2.05, 4.69) is 35.2 Å². The van der Waals surface area contributed by atoms with Gasteiger partial charge in [-0.25, -0.2) is 0 Å². The van der Waals surface area contributed by atoms with Gasteiger partial charge in [0, 0.05) is 19.7 Å². The van der Waals surface area contributed by atoms with Crippen molar-refractivity contribution >= 4 is 0 Å². The van der Waals surface area contributed by atoms with Crippen molar-refractivity contribution in [2.75, 3.05) is 6.54 Å².